The van der Waals surface area contributed by atoms with Crippen LogP contribution in [0.1, 0.15) is 64.8 Å². The topological polar surface area (TPSA) is 17.8 Å². The molecule has 0 radical (unpaired) electrons. The molecule has 1 fully saturated rings. The maximum absolute atomic E-state index is 6.41. The van der Waals surface area contributed by atoms with Gasteiger partial charge < -0.3 is 0 Å². The van der Waals surface area contributed by atoms with Gasteiger partial charge in [-0.25, -0.2) is 0 Å². The van der Waals surface area contributed by atoms with E-state index in [1.165, 1.54) is 37.1 Å². The summed E-state index contributed by atoms with van der Waals surface area (Å²) in [4.78, 5) is 0. The Labute approximate surface area is 135 Å². The number of halogens is 1. The van der Waals surface area contributed by atoms with E-state index in [4.69, 9.17) is 11.6 Å². The lowest BCUT2D eigenvalue weighted by Crippen LogP contribution is -2.35. The second-order valence-corrected chi connectivity index (χ2v) is 8.32. The Morgan fingerprint density at radius 1 is 1.33 bits per heavy atom. The van der Waals surface area contributed by atoms with Gasteiger partial charge in [-0.05, 0) is 61.3 Å². The molecule has 1 heterocycles. The third-order valence-corrected chi connectivity index (χ3v) is 6.07. The summed E-state index contributed by atoms with van der Waals surface area (Å²) in [5.41, 5.74) is 3.25. The van der Waals surface area contributed by atoms with Crippen molar-refractivity contribution in [1.29, 1.82) is 0 Å². The third kappa shape index (κ3) is 3.83. The van der Waals surface area contributed by atoms with Gasteiger partial charge in [0.05, 0.1) is 5.69 Å². The van der Waals surface area contributed by atoms with Crippen LogP contribution in [-0.4, -0.2) is 15.7 Å². The Balaban J connectivity index is 2.08. The van der Waals surface area contributed by atoms with Crippen molar-refractivity contribution in [2.45, 2.75) is 66.2 Å². The van der Waals surface area contributed by atoms with Gasteiger partial charge in [0.2, 0.25) is 0 Å². The number of rotatable bonds is 4. The Morgan fingerprint density at radius 3 is 2.38 bits per heavy atom. The van der Waals surface area contributed by atoms with E-state index < -0.39 is 0 Å². The van der Waals surface area contributed by atoms with Crippen molar-refractivity contribution < 1.29 is 0 Å². The van der Waals surface area contributed by atoms with Gasteiger partial charge in [0.25, 0.3) is 0 Å². The maximum atomic E-state index is 6.41. The highest BCUT2D eigenvalue weighted by Crippen LogP contribution is 2.47. The third-order valence-electron chi connectivity index (χ3n) is 5.50. The first kappa shape index (κ1) is 16.9. The maximum Gasteiger partial charge on any atom is 0.0624 e. The molecule has 2 rings (SSSR count). The van der Waals surface area contributed by atoms with Gasteiger partial charge in [-0.2, -0.15) is 5.10 Å². The Bertz CT molecular complexity index is 462. The van der Waals surface area contributed by atoms with E-state index in [1.54, 1.807) is 0 Å². The Hall–Kier alpha value is -0.500. The summed E-state index contributed by atoms with van der Waals surface area (Å²) in [7, 11) is 2.07. The zero-order chi connectivity index (χ0) is 15.7. The first-order chi connectivity index (χ1) is 9.79. The van der Waals surface area contributed by atoms with Crippen LogP contribution in [0.4, 0.5) is 0 Å². The molecule has 0 aromatic carbocycles. The van der Waals surface area contributed by atoms with E-state index in [0.717, 1.165) is 24.6 Å². The van der Waals surface area contributed by atoms with E-state index in [2.05, 4.69) is 50.6 Å². The predicted octanol–water partition coefficient (Wildman–Crippen LogP) is 4.99. The van der Waals surface area contributed by atoms with Gasteiger partial charge >= 0.3 is 0 Å². The first-order valence-corrected chi connectivity index (χ1v) is 8.91. The molecule has 0 spiro atoms. The molecule has 1 aliphatic rings. The highest BCUT2D eigenvalue weighted by atomic mass is 35.5. The molecule has 0 N–H and O–H groups in total. The number of hydrogen-bond donors (Lipinski definition) is 0. The van der Waals surface area contributed by atoms with Crippen molar-refractivity contribution in [1.82, 2.24) is 9.78 Å². The average molecular weight is 311 g/mol. The van der Waals surface area contributed by atoms with Gasteiger partial charge in [-0.3, -0.25) is 4.68 Å². The molecule has 1 saturated carbocycles. The molecule has 3 heteroatoms. The zero-order valence-electron chi connectivity index (χ0n) is 14.4. The van der Waals surface area contributed by atoms with Crippen LogP contribution in [0.5, 0.6) is 0 Å². The van der Waals surface area contributed by atoms with Crippen LogP contribution < -0.4 is 0 Å². The highest BCUT2D eigenvalue weighted by molar-refractivity contribution is 6.18. The van der Waals surface area contributed by atoms with Crippen molar-refractivity contribution >= 4 is 11.6 Å². The summed E-state index contributed by atoms with van der Waals surface area (Å²) in [5, 5.41) is 4.59. The minimum absolute atomic E-state index is 0.280. The summed E-state index contributed by atoms with van der Waals surface area (Å²) < 4.78 is 2.06. The molecular formula is C18H31ClN2. The molecule has 0 aliphatic heterocycles. The van der Waals surface area contributed by atoms with Crippen LogP contribution >= 0.6 is 11.6 Å². The SMILES string of the molecule is CCc1cc(CC2(CCl)CCC(C(C)(C)C)CC2)n(C)n1. The first-order valence-electron chi connectivity index (χ1n) is 8.37. The van der Waals surface area contributed by atoms with E-state index >= 15 is 0 Å². The molecule has 0 unspecified atom stereocenters. The second kappa shape index (κ2) is 6.32. The van der Waals surface area contributed by atoms with Crippen LogP contribution in [-0.2, 0) is 19.9 Å². The molecule has 0 bridgehead atoms. The molecule has 0 saturated heterocycles. The van der Waals surface area contributed by atoms with Gasteiger partial charge in [0.1, 0.15) is 0 Å². The molecular weight excluding hydrogens is 280 g/mol. The minimum atomic E-state index is 0.280. The molecule has 2 nitrogen and oxygen atoms in total. The molecule has 21 heavy (non-hydrogen) atoms. The van der Waals surface area contributed by atoms with Crippen molar-refractivity contribution in [3.05, 3.63) is 17.5 Å². The van der Waals surface area contributed by atoms with Crippen molar-refractivity contribution in [3.63, 3.8) is 0 Å². The van der Waals surface area contributed by atoms with E-state index in [0.29, 0.717) is 5.41 Å². The Kier molecular flexibility index (Phi) is 5.07. The van der Waals surface area contributed by atoms with Gasteiger partial charge in [-0.15, -0.1) is 11.6 Å². The monoisotopic (exact) mass is 310 g/mol. The predicted molar refractivity (Wildman–Crippen MR) is 90.9 cm³/mol. The number of aryl methyl sites for hydroxylation is 2. The quantitative estimate of drug-likeness (QED) is 0.717. The van der Waals surface area contributed by atoms with Crippen LogP contribution in [0.15, 0.2) is 6.07 Å². The van der Waals surface area contributed by atoms with Gasteiger partial charge in [0, 0.05) is 18.6 Å². The van der Waals surface area contributed by atoms with E-state index in [9.17, 15) is 0 Å². The molecule has 1 aromatic heterocycles. The Morgan fingerprint density at radius 2 is 1.95 bits per heavy atom. The van der Waals surface area contributed by atoms with Gasteiger partial charge in [-0.1, -0.05) is 27.7 Å². The summed E-state index contributed by atoms with van der Waals surface area (Å²) in [6.07, 6.45) is 7.23. The van der Waals surface area contributed by atoms with Crippen molar-refractivity contribution in [3.8, 4) is 0 Å². The van der Waals surface area contributed by atoms with Crippen LogP contribution in [0.2, 0.25) is 0 Å². The number of hydrogen-bond acceptors (Lipinski definition) is 1. The van der Waals surface area contributed by atoms with E-state index in [1.807, 2.05) is 0 Å². The average Bonchev–Trinajstić information content (AvgIpc) is 2.79. The molecule has 0 atom stereocenters. The number of alkyl halides is 1. The second-order valence-electron chi connectivity index (χ2n) is 8.05. The van der Waals surface area contributed by atoms with Crippen LogP contribution in [0.25, 0.3) is 0 Å². The zero-order valence-corrected chi connectivity index (χ0v) is 15.1. The lowest BCUT2D eigenvalue weighted by Gasteiger charge is -2.43. The molecule has 1 aliphatic carbocycles. The molecule has 1 aromatic rings. The standard InChI is InChI=1S/C18H31ClN2/c1-6-15-11-16(21(5)20-15)12-18(13-19)9-7-14(8-10-18)17(2,3)4/h11,14H,6-10,12-13H2,1-5H3. The fourth-order valence-electron chi connectivity index (χ4n) is 3.75. The fraction of sp³-hybridized carbons (Fsp3) is 0.833. The molecule has 0 amide bonds. The number of nitrogens with zero attached hydrogens (tertiary/aromatic N) is 2. The minimum Gasteiger partial charge on any atom is -0.272 e. The van der Waals surface area contributed by atoms with Gasteiger partial charge in [0.15, 0.2) is 0 Å². The largest absolute Gasteiger partial charge is 0.272 e. The summed E-state index contributed by atoms with van der Waals surface area (Å²) >= 11 is 6.41. The van der Waals surface area contributed by atoms with Crippen LogP contribution in [0, 0.1) is 16.7 Å². The lowest BCUT2D eigenvalue weighted by atomic mass is 9.63. The normalized spacial score (nSPS) is 27.0. The van der Waals surface area contributed by atoms with Crippen molar-refractivity contribution in [2.75, 3.05) is 5.88 Å². The fourth-order valence-corrected chi connectivity index (χ4v) is 4.11. The number of aromatic nitrogens is 2. The summed E-state index contributed by atoms with van der Waals surface area (Å²) in [6, 6.07) is 2.27. The summed E-state index contributed by atoms with van der Waals surface area (Å²) in [6.45, 7) is 9.29. The van der Waals surface area contributed by atoms with Crippen LogP contribution in [0.3, 0.4) is 0 Å². The molecule has 120 valence electrons. The smallest absolute Gasteiger partial charge is 0.0624 e. The van der Waals surface area contributed by atoms with Crippen molar-refractivity contribution in [2.24, 2.45) is 23.8 Å². The van der Waals surface area contributed by atoms with E-state index in [-0.39, 0.29) is 5.41 Å². The summed E-state index contributed by atoms with van der Waals surface area (Å²) in [5.74, 6) is 1.61. The highest BCUT2D eigenvalue weighted by Gasteiger charge is 2.38. The lowest BCUT2D eigenvalue weighted by molar-refractivity contribution is 0.101.